The summed E-state index contributed by atoms with van der Waals surface area (Å²) in [5.41, 5.74) is -0.669. The Labute approximate surface area is 90.4 Å². The number of amides is 1. The van der Waals surface area contributed by atoms with Crippen LogP contribution in [0.1, 0.15) is 6.42 Å². The molecule has 1 saturated heterocycles. The van der Waals surface area contributed by atoms with Gasteiger partial charge in [-0.1, -0.05) is 0 Å². The Morgan fingerprint density at radius 3 is 2.60 bits per heavy atom. The van der Waals surface area contributed by atoms with Crippen molar-refractivity contribution >= 4 is 5.91 Å². The third-order valence-corrected chi connectivity index (χ3v) is 2.61. The van der Waals surface area contributed by atoms with E-state index in [1.165, 1.54) is 0 Å². The molecular weight excluding hydrogens is 196 g/mol. The van der Waals surface area contributed by atoms with Gasteiger partial charge in [0.1, 0.15) is 5.41 Å². The van der Waals surface area contributed by atoms with Gasteiger partial charge in [-0.25, -0.2) is 0 Å². The highest BCUT2D eigenvalue weighted by molar-refractivity contribution is 5.83. The van der Waals surface area contributed by atoms with Crippen molar-refractivity contribution in [3.63, 3.8) is 0 Å². The van der Waals surface area contributed by atoms with E-state index >= 15 is 0 Å². The lowest BCUT2D eigenvalue weighted by Crippen LogP contribution is -2.56. The van der Waals surface area contributed by atoms with E-state index in [4.69, 9.17) is 9.84 Å². The number of rotatable bonds is 6. The molecule has 0 radical (unpaired) electrons. The topological polar surface area (TPSA) is 61.8 Å². The molecule has 0 aliphatic carbocycles. The Morgan fingerprint density at radius 1 is 1.53 bits per heavy atom. The minimum Gasteiger partial charge on any atom is -0.395 e. The van der Waals surface area contributed by atoms with Crippen LogP contribution in [0.3, 0.4) is 0 Å². The van der Waals surface area contributed by atoms with Gasteiger partial charge in [0.25, 0.3) is 0 Å². The molecule has 0 spiro atoms. The summed E-state index contributed by atoms with van der Waals surface area (Å²) in [5.74, 6) is -0.0880. The lowest BCUT2D eigenvalue weighted by Gasteiger charge is -2.38. The SMILES string of the molecule is CN(C)CCCNC(=O)C1(CO)COC1. The van der Waals surface area contributed by atoms with Crippen molar-refractivity contribution in [2.75, 3.05) is 47.0 Å². The van der Waals surface area contributed by atoms with Crippen molar-refractivity contribution in [2.45, 2.75) is 6.42 Å². The van der Waals surface area contributed by atoms with E-state index in [1.807, 2.05) is 14.1 Å². The fraction of sp³-hybridized carbons (Fsp3) is 0.900. The van der Waals surface area contributed by atoms with Gasteiger partial charge in [0.05, 0.1) is 19.8 Å². The molecule has 15 heavy (non-hydrogen) atoms. The fourth-order valence-corrected chi connectivity index (χ4v) is 1.43. The molecule has 88 valence electrons. The molecule has 1 aliphatic heterocycles. The van der Waals surface area contributed by atoms with Gasteiger partial charge in [0.2, 0.25) is 5.91 Å². The zero-order valence-corrected chi connectivity index (χ0v) is 9.45. The van der Waals surface area contributed by atoms with E-state index in [1.54, 1.807) is 0 Å². The summed E-state index contributed by atoms with van der Waals surface area (Å²) in [6, 6.07) is 0. The quantitative estimate of drug-likeness (QED) is 0.563. The van der Waals surface area contributed by atoms with Gasteiger partial charge in [-0.3, -0.25) is 4.79 Å². The van der Waals surface area contributed by atoms with E-state index < -0.39 is 5.41 Å². The smallest absolute Gasteiger partial charge is 0.233 e. The molecule has 1 heterocycles. The molecule has 1 aliphatic rings. The second-order valence-electron chi connectivity index (χ2n) is 4.34. The Balaban J connectivity index is 2.18. The third kappa shape index (κ3) is 3.15. The number of ether oxygens (including phenoxy) is 1. The van der Waals surface area contributed by atoms with Crippen LogP contribution in [0.15, 0.2) is 0 Å². The Kier molecular flexibility index (Phi) is 4.50. The van der Waals surface area contributed by atoms with E-state index in [2.05, 4.69) is 10.2 Å². The first kappa shape index (κ1) is 12.4. The number of nitrogens with zero attached hydrogens (tertiary/aromatic N) is 1. The summed E-state index contributed by atoms with van der Waals surface area (Å²) in [6.07, 6.45) is 0.918. The fourth-order valence-electron chi connectivity index (χ4n) is 1.43. The highest BCUT2D eigenvalue weighted by Gasteiger charge is 2.45. The molecular formula is C10H20N2O3. The van der Waals surface area contributed by atoms with E-state index in [0.29, 0.717) is 19.8 Å². The van der Waals surface area contributed by atoms with Crippen LogP contribution in [0.5, 0.6) is 0 Å². The zero-order chi connectivity index (χ0) is 11.3. The lowest BCUT2D eigenvalue weighted by atomic mass is 9.86. The highest BCUT2D eigenvalue weighted by Crippen LogP contribution is 2.26. The van der Waals surface area contributed by atoms with Gasteiger partial charge in [0.15, 0.2) is 0 Å². The number of aliphatic hydroxyl groups excluding tert-OH is 1. The van der Waals surface area contributed by atoms with Gasteiger partial charge >= 0.3 is 0 Å². The van der Waals surface area contributed by atoms with Crippen LogP contribution in [0.4, 0.5) is 0 Å². The summed E-state index contributed by atoms with van der Waals surface area (Å²) in [6.45, 7) is 2.14. The summed E-state index contributed by atoms with van der Waals surface area (Å²) in [5, 5.41) is 11.9. The number of carbonyl (C=O) groups is 1. The predicted octanol–water partition coefficient (Wildman–Crippen LogP) is -0.937. The standard InChI is InChI=1S/C10H20N2O3/c1-12(2)5-3-4-11-9(14)10(6-13)7-15-8-10/h13H,3-8H2,1-2H3,(H,11,14). The number of nitrogens with one attached hydrogen (secondary N) is 1. The molecule has 1 amide bonds. The molecule has 5 nitrogen and oxygen atoms in total. The molecule has 0 atom stereocenters. The van der Waals surface area contributed by atoms with Crippen LogP contribution in [0, 0.1) is 5.41 Å². The largest absolute Gasteiger partial charge is 0.395 e. The average Bonchev–Trinajstić information content (AvgIpc) is 2.11. The molecule has 0 bridgehead atoms. The second-order valence-corrected chi connectivity index (χ2v) is 4.34. The summed E-state index contributed by atoms with van der Waals surface area (Å²) < 4.78 is 4.97. The van der Waals surface area contributed by atoms with Crippen LogP contribution in [0.2, 0.25) is 0 Å². The van der Waals surface area contributed by atoms with Crippen molar-refractivity contribution in [3.8, 4) is 0 Å². The molecule has 0 aromatic rings. The zero-order valence-electron chi connectivity index (χ0n) is 9.45. The third-order valence-electron chi connectivity index (χ3n) is 2.61. The monoisotopic (exact) mass is 216 g/mol. The van der Waals surface area contributed by atoms with E-state index in [0.717, 1.165) is 13.0 Å². The van der Waals surface area contributed by atoms with Gasteiger partial charge in [-0.2, -0.15) is 0 Å². The summed E-state index contributed by atoms with van der Waals surface area (Å²) in [7, 11) is 3.99. The van der Waals surface area contributed by atoms with Crippen molar-refractivity contribution in [3.05, 3.63) is 0 Å². The normalized spacial score (nSPS) is 18.7. The number of carbonyl (C=O) groups excluding carboxylic acids is 1. The first-order valence-electron chi connectivity index (χ1n) is 5.22. The summed E-state index contributed by atoms with van der Waals surface area (Å²) >= 11 is 0. The van der Waals surface area contributed by atoms with Gasteiger partial charge in [-0.05, 0) is 27.1 Å². The van der Waals surface area contributed by atoms with Crippen LogP contribution in [-0.4, -0.2) is 62.9 Å². The van der Waals surface area contributed by atoms with Gasteiger partial charge in [-0.15, -0.1) is 0 Å². The first-order chi connectivity index (χ1) is 7.10. The molecule has 0 saturated carbocycles. The Bertz CT molecular complexity index is 209. The van der Waals surface area contributed by atoms with Crippen LogP contribution < -0.4 is 5.32 Å². The highest BCUT2D eigenvalue weighted by atomic mass is 16.5. The van der Waals surface area contributed by atoms with E-state index in [-0.39, 0.29) is 12.5 Å². The van der Waals surface area contributed by atoms with Crippen LogP contribution >= 0.6 is 0 Å². The molecule has 5 heteroatoms. The summed E-state index contributed by atoms with van der Waals surface area (Å²) in [4.78, 5) is 13.7. The number of hydrogen-bond donors (Lipinski definition) is 2. The van der Waals surface area contributed by atoms with Gasteiger partial charge < -0.3 is 20.1 Å². The lowest BCUT2D eigenvalue weighted by molar-refractivity contribution is -0.170. The Morgan fingerprint density at radius 2 is 2.20 bits per heavy atom. The van der Waals surface area contributed by atoms with Crippen molar-refractivity contribution < 1.29 is 14.6 Å². The first-order valence-corrected chi connectivity index (χ1v) is 5.22. The maximum Gasteiger partial charge on any atom is 0.233 e. The van der Waals surface area contributed by atoms with Crippen LogP contribution in [-0.2, 0) is 9.53 Å². The Hall–Kier alpha value is -0.650. The molecule has 1 rings (SSSR count). The number of hydrogen-bond acceptors (Lipinski definition) is 4. The minimum absolute atomic E-state index is 0.0880. The molecule has 1 fully saturated rings. The average molecular weight is 216 g/mol. The molecule has 0 aromatic heterocycles. The maximum absolute atomic E-state index is 11.7. The van der Waals surface area contributed by atoms with Gasteiger partial charge in [0, 0.05) is 6.54 Å². The second kappa shape index (κ2) is 5.44. The van der Waals surface area contributed by atoms with Crippen molar-refractivity contribution in [1.82, 2.24) is 10.2 Å². The molecule has 2 N–H and O–H groups in total. The van der Waals surface area contributed by atoms with E-state index in [9.17, 15) is 4.79 Å². The predicted molar refractivity (Wildman–Crippen MR) is 56.5 cm³/mol. The molecule has 0 unspecified atom stereocenters. The molecule has 0 aromatic carbocycles. The number of aliphatic hydroxyl groups is 1. The van der Waals surface area contributed by atoms with Crippen molar-refractivity contribution in [1.29, 1.82) is 0 Å². The maximum atomic E-state index is 11.7. The minimum atomic E-state index is -0.669. The van der Waals surface area contributed by atoms with Crippen LogP contribution in [0.25, 0.3) is 0 Å². The van der Waals surface area contributed by atoms with Crippen molar-refractivity contribution in [2.24, 2.45) is 5.41 Å².